The van der Waals surface area contributed by atoms with Crippen molar-refractivity contribution in [3.05, 3.63) is 82.9 Å². The van der Waals surface area contributed by atoms with Crippen LogP contribution in [0.25, 0.3) is 16.3 Å². The average molecular weight is 427 g/mol. The van der Waals surface area contributed by atoms with Crippen molar-refractivity contribution < 1.29 is 4.74 Å². The Morgan fingerprint density at radius 3 is 2.44 bits per heavy atom. The number of hydrogen-bond acceptors (Lipinski definition) is 1. The molecule has 144 valence electrons. The van der Waals surface area contributed by atoms with Crippen LogP contribution in [0.2, 0.25) is 0 Å². The molecule has 27 heavy (non-hydrogen) atoms. The maximum Gasteiger partial charge on any atom is 0.129 e. The number of hydrogen-bond donors (Lipinski definition) is 0. The average Bonchev–Trinajstić information content (AvgIpc) is 2.62. The molecule has 1 heterocycles. The van der Waals surface area contributed by atoms with E-state index < -0.39 is 0 Å². The van der Waals surface area contributed by atoms with E-state index in [1.165, 1.54) is 21.9 Å². The first-order valence-electron chi connectivity index (χ1n) is 9.05. The fourth-order valence-corrected chi connectivity index (χ4v) is 3.41. The maximum atomic E-state index is 6.23. The van der Waals surface area contributed by atoms with Crippen molar-refractivity contribution >= 4 is 32.3 Å². The fraction of sp³-hybridized carbons (Fsp3) is 0.280. The van der Waals surface area contributed by atoms with Crippen LogP contribution in [0.3, 0.4) is 0 Å². The van der Waals surface area contributed by atoms with E-state index in [1.807, 2.05) is 19.9 Å². The Hall–Kier alpha value is -2.06. The lowest BCUT2D eigenvalue weighted by Crippen LogP contribution is -2.29. The molecule has 0 saturated carbocycles. The van der Waals surface area contributed by atoms with Crippen LogP contribution in [0.1, 0.15) is 47.6 Å². The number of benzene rings is 2. The minimum Gasteiger partial charge on any atom is -0.483 e. The SMILES string of the molecule is C.C=C/C=C\C(=C/C)C1=CC(C)(C)Oc2cc3ccc(Br)cc3cc21.CC. The molecule has 2 heteroatoms. The predicted molar refractivity (Wildman–Crippen MR) is 126 cm³/mol. The zero-order chi connectivity index (χ0) is 19.3. The zero-order valence-electron chi connectivity index (χ0n) is 16.3. The first kappa shape index (κ1) is 23.0. The first-order chi connectivity index (χ1) is 12.4. The summed E-state index contributed by atoms with van der Waals surface area (Å²) >= 11 is 3.56. The third-order valence-electron chi connectivity index (χ3n) is 4.09. The van der Waals surface area contributed by atoms with Crippen LogP contribution in [0, 0.1) is 0 Å². The number of halogens is 1. The van der Waals surface area contributed by atoms with Crippen molar-refractivity contribution in [2.45, 2.75) is 47.6 Å². The van der Waals surface area contributed by atoms with Crippen molar-refractivity contribution in [2.24, 2.45) is 0 Å². The second-order valence-electron chi connectivity index (χ2n) is 6.44. The molecule has 0 amide bonds. The van der Waals surface area contributed by atoms with E-state index in [0.717, 1.165) is 15.8 Å². The Balaban J connectivity index is 0.00000118. The van der Waals surface area contributed by atoms with Crippen LogP contribution >= 0.6 is 15.9 Å². The molecule has 0 aromatic heterocycles. The standard InChI is InChI=1S/C22H21BrO.C2H6.CH4/c1-5-7-8-15(6-2)20-14-22(3,4)24-21-13-16-9-10-18(23)11-17(16)12-19(20)21;1-2;/h5-14H,1H2,2-4H3;1-2H3;1H4/b8-7-,15-6+;;. The Kier molecular flexibility index (Phi) is 8.30. The van der Waals surface area contributed by atoms with Gasteiger partial charge in [0.25, 0.3) is 0 Å². The lowest BCUT2D eigenvalue weighted by molar-refractivity contribution is 0.158. The second kappa shape index (κ2) is 9.75. The number of fused-ring (bicyclic) bond motifs is 2. The van der Waals surface area contributed by atoms with Crippen molar-refractivity contribution in [3.8, 4) is 5.75 Å². The van der Waals surface area contributed by atoms with Crippen molar-refractivity contribution in [2.75, 3.05) is 0 Å². The highest BCUT2D eigenvalue weighted by Gasteiger charge is 2.27. The predicted octanol–water partition coefficient (Wildman–Crippen LogP) is 8.51. The number of allylic oxidation sites excluding steroid dienone is 6. The van der Waals surface area contributed by atoms with Crippen molar-refractivity contribution in [3.63, 3.8) is 0 Å². The summed E-state index contributed by atoms with van der Waals surface area (Å²) in [6.45, 7) is 14.0. The quantitative estimate of drug-likeness (QED) is 0.446. The van der Waals surface area contributed by atoms with Crippen LogP contribution in [0.5, 0.6) is 5.75 Å². The van der Waals surface area contributed by atoms with E-state index in [1.54, 1.807) is 6.08 Å². The van der Waals surface area contributed by atoms with Crippen molar-refractivity contribution in [1.82, 2.24) is 0 Å². The van der Waals surface area contributed by atoms with Gasteiger partial charge >= 0.3 is 0 Å². The third-order valence-corrected chi connectivity index (χ3v) is 4.58. The van der Waals surface area contributed by atoms with E-state index in [-0.39, 0.29) is 13.0 Å². The van der Waals surface area contributed by atoms with Gasteiger partial charge in [0.1, 0.15) is 11.4 Å². The monoisotopic (exact) mass is 426 g/mol. The lowest BCUT2D eigenvalue weighted by atomic mass is 9.88. The molecular weight excluding hydrogens is 396 g/mol. The third kappa shape index (κ3) is 5.23. The van der Waals surface area contributed by atoms with E-state index in [0.29, 0.717) is 0 Å². The highest BCUT2D eigenvalue weighted by Crippen LogP contribution is 2.42. The number of rotatable bonds is 3. The molecule has 1 aliphatic rings. The molecule has 0 radical (unpaired) electrons. The highest BCUT2D eigenvalue weighted by molar-refractivity contribution is 9.10. The number of ether oxygens (including phenoxy) is 1. The molecule has 0 unspecified atom stereocenters. The Labute approximate surface area is 173 Å². The molecule has 2 aromatic rings. The summed E-state index contributed by atoms with van der Waals surface area (Å²) in [5.41, 5.74) is 3.15. The summed E-state index contributed by atoms with van der Waals surface area (Å²) in [7, 11) is 0. The molecule has 2 aromatic carbocycles. The first-order valence-corrected chi connectivity index (χ1v) is 9.84. The molecular formula is C25H31BrO. The van der Waals surface area contributed by atoms with Gasteiger partial charge in [-0.15, -0.1) is 0 Å². The summed E-state index contributed by atoms with van der Waals surface area (Å²) in [6.07, 6.45) is 10.2. The van der Waals surface area contributed by atoms with Gasteiger partial charge in [-0.25, -0.2) is 0 Å². The summed E-state index contributed by atoms with van der Waals surface area (Å²) < 4.78 is 7.31. The summed E-state index contributed by atoms with van der Waals surface area (Å²) in [5, 5.41) is 2.37. The van der Waals surface area contributed by atoms with Gasteiger partial charge in [-0.3, -0.25) is 0 Å². The minimum absolute atomic E-state index is 0. The molecule has 0 atom stereocenters. The van der Waals surface area contributed by atoms with E-state index in [9.17, 15) is 0 Å². The largest absolute Gasteiger partial charge is 0.483 e. The zero-order valence-corrected chi connectivity index (χ0v) is 17.9. The molecule has 0 N–H and O–H groups in total. The molecule has 3 rings (SSSR count). The molecule has 1 nitrogen and oxygen atoms in total. The van der Waals surface area contributed by atoms with Crippen LogP contribution in [0.15, 0.2) is 77.3 Å². The van der Waals surface area contributed by atoms with Gasteiger partial charge in [-0.2, -0.15) is 0 Å². The van der Waals surface area contributed by atoms with Gasteiger partial charge in [-0.1, -0.05) is 74.2 Å². The van der Waals surface area contributed by atoms with Crippen LogP contribution in [0.4, 0.5) is 0 Å². The van der Waals surface area contributed by atoms with Crippen molar-refractivity contribution in [1.29, 1.82) is 0 Å². The highest BCUT2D eigenvalue weighted by atomic mass is 79.9. The maximum absolute atomic E-state index is 6.23. The lowest BCUT2D eigenvalue weighted by Gasteiger charge is -2.32. The molecule has 0 saturated heterocycles. The van der Waals surface area contributed by atoms with Gasteiger partial charge in [0.05, 0.1) is 0 Å². The molecule has 1 aliphatic heterocycles. The molecule has 0 bridgehead atoms. The van der Waals surface area contributed by atoms with Crippen LogP contribution in [-0.4, -0.2) is 5.60 Å². The van der Waals surface area contributed by atoms with Gasteiger partial charge in [0.2, 0.25) is 0 Å². The smallest absolute Gasteiger partial charge is 0.129 e. The van der Waals surface area contributed by atoms with E-state index >= 15 is 0 Å². The second-order valence-corrected chi connectivity index (χ2v) is 7.36. The summed E-state index contributed by atoms with van der Waals surface area (Å²) in [5.74, 6) is 0.929. The summed E-state index contributed by atoms with van der Waals surface area (Å²) in [4.78, 5) is 0. The molecule has 0 fully saturated rings. The van der Waals surface area contributed by atoms with E-state index in [2.05, 4.69) is 91.8 Å². The Morgan fingerprint density at radius 1 is 1.11 bits per heavy atom. The summed E-state index contributed by atoms with van der Waals surface area (Å²) in [6, 6.07) is 10.7. The van der Waals surface area contributed by atoms with Gasteiger partial charge in [0, 0.05) is 10.0 Å². The Bertz CT molecular complexity index is 898. The molecule has 0 spiro atoms. The van der Waals surface area contributed by atoms with Gasteiger partial charge in [-0.05, 0) is 73.0 Å². The van der Waals surface area contributed by atoms with E-state index in [4.69, 9.17) is 4.74 Å². The Morgan fingerprint density at radius 2 is 1.81 bits per heavy atom. The fourth-order valence-electron chi connectivity index (χ4n) is 3.03. The minimum atomic E-state index is -0.346. The van der Waals surface area contributed by atoms with Crippen LogP contribution < -0.4 is 4.74 Å². The topological polar surface area (TPSA) is 9.23 Å². The molecule has 0 aliphatic carbocycles. The van der Waals surface area contributed by atoms with Gasteiger partial charge < -0.3 is 4.74 Å². The normalized spacial score (nSPS) is 15.0. The van der Waals surface area contributed by atoms with Gasteiger partial charge in [0.15, 0.2) is 0 Å². The van der Waals surface area contributed by atoms with Crippen LogP contribution in [-0.2, 0) is 0 Å².